The minimum atomic E-state index is -1.47. The largest absolute Gasteiger partial charge is 0.379 e. The van der Waals surface area contributed by atoms with Crippen molar-refractivity contribution in [3.8, 4) is 0 Å². The average molecular weight is 291 g/mol. The predicted octanol–water partition coefficient (Wildman–Crippen LogP) is 3.60. The second kappa shape index (κ2) is 5.12. The van der Waals surface area contributed by atoms with Crippen molar-refractivity contribution < 1.29 is 13.2 Å². The van der Waals surface area contributed by atoms with Crippen LogP contribution in [0, 0.1) is 17.5 Å². The average Bonchev–Trinajstić information content (AvgIpc) is 2.79. The number of benzene rings is 2. The molecular weight excluding hydrogens is 279 g/mol. The van der Waals surface area contributed by atoms with E-state index in [1.807, 2.05) is 31.3 Å². The Kier molecular flexibility index (Phi) is 3.29. The summed E-state index contributed by atoms with van der Waals surface area (Å²) in [5.41, 5.74) is 1.88. The molecule has 0 saturated carbocycles. The fourth-order valence-electron chi connectivity index (χ4n) is 2.26. The Hall–Kier alpha value is -2.50. The summed E-state index contributed by atoms with van der Waals surface area (Å²) >= 11 is 0. The van der Waals surface area contributed by atoms with Crippen molar-refractivity contribution in [3.63, 3.8) is 0 Å². The highest BCUT2D eigenvalue weighted by molar-refractivity contribution is 5.82. The van der Waals surface area contributed by atoms with Crippen LogP contribution in [0.1, 0.15) is 5.69 Å². The SMILES string of the molecule is Cn1nc(CNc2cc(F)c(F)c(F)c2)c2ccccc21. The zero-order chi connectivity index (χ0) is 15.0. The second-order valence-corrected chi connectivity index (χ2v) is 4.69. The molecular formula is C15H12F3N3. The molecule has 3 nitrogen and oxygen atoms in total. The summed E-state index contributed by atoms with van der Waals surface area (Å²) < 4.78 is 40.9. The number of aromatic nitrogens is 2. The van der Waals surface area contributed by atoms with Crippen LogP contribution in [0.15, 0.2) is 36.4 Å². The van der Waals surface area contributed by atoms with Crippen LogP contribution in [0.4, 0.5) is 18.9 Å². The molecule has 0 aliphatic carbocycles. The topological polar surface area (TPSA) is 29.9 Å². The number of nitrogens with zero attached hydrogens (tertiary/aromatic N) is 2. The molecule has 3 rings (SSSR count). The summed E-state index contributed by atoms with van der Waals surface area (Å²) in [5, 5.41) is 8.17. The molecule has 1 aromatic heterocycles. The molecule has 1 N–H and O–H groups in total. The lowest BCUT2D eigenvalue weighted by molar-refractivity contribution is 0.447. The van der Waals surface area contributed by atoms with Crippen LogP contribution >= 0.6 is 0 Å². The molecule has 0 radical (unpaired) electrons. The van der Waals surface area contributed by atoms with Gasteiger partial charge in [-0.05, 0) is 6.07 Å². The minimum Gasteiger partial charge on any atom is -0.379 e. The Labute approximate surface area is 119 Å². The van der Waals surface area contributed by atoms with E-state index in [9.17, 15) is 13.2 Å². The molecule has 0 spiro atoms. The maximum atomic E-state index is 13.1. The van der Waals surface area contributed by atoms with Gasteiger partial charge in [0, 0.05) is 30.3 Å². The molecule has 1 heterocycles. The van der Waals surface area contributed by atoms with E-state index in [1.165, 1.54) is 0 Å². The Morgan fingerprint density at radius 3 is 2.48 bits per heavy atom. The van der Waals surface area contributed by atoms with Crippen molar-refractivity contribution in [1.29, 1.82) is 0 Å². The molecule has 6 heteroatoms. The summed E-state index contributed by atoms with van der Waals surface area (Å²) in [6, 6.07) is 9.50. The summed E-state index contributed by atoms with van der Waals surface area (Å²) in [7, 11) is 1.82. The van der Waals surface area contributed by atoms with E-state index < -0.39 is 17.5 Å². The van der Waals surface area contributed by atoms with Crippen LogP contribution in [0.2, 0.25) is 0 Å². The summed E-state index contributed by atoms with van der Waals surface area (Å²) in [6.07, 6.45) is 0. The first kappa shape index (κ1) is 13.5. The van der Waals surface area contributed by atoms with E-state index in [-0.39, 0.29) is 12.2 Å². The van der Waals surface area contributed by atoms with E-state index in [1.54, 1.807) is 4.68 Å². The van der Waals surface area contributed by atoms with E-state index in [0.717, 1.165) is 28.7 Å². The van der Waals surface area contributed by atoms with Crippen molar-refractivity contribution in [2.24, 2.45) is 7.05 Å². The fraction of sp³-hybridized carbons (Fsp3) is 0.133. The Bertz CT molecular complexity index is 788. The quantitative estimate of drug-likeness (QED) is 0.747. The molecule has 0 saturated heterocycles. The molecule has 0 amide bonds. The first-order chi connectivity index (χ1) is 10.1. The van der Waals surface area contributed by atoms with Gasteiger partial charge in [0.05, 0.1) is 17.8 Å². The second-order valence-electron chi connectivity index (χ2n) is 4.69. The Balaban J connectivity index is 1.87. The smallest absolute Gasteiger partial charge is 0.194 e. The Morgan fingerprint density at radius 1 is 1.10 bits per heavy atom. The molecule has 0 fully saturated rings. The van der Waals surface area contributed by atoms with Crippen molar-refractivity contribution in [1.82, 2.24) is 9.78 Å². The van der Waals surface area contributed by atoms with Gasteiger partial charge in [-0.1, -0.05) is 18.2 Å². The number of anilines is 1. The third kappa shape index (κ3) is 2.44. The molecule has 0 atom stereocenters. The van der Waals surface area contributed by atoms with Gasteiger partial charge in [-0.15, -0.1) is 0 Å². The maximum Gasteiger partial charge on any atom is 0.194 e. The zero-order valence-electron chi connectivity index (χ0n) is 11.2. The maximum absolute atomic E-state index is 13.1. The molecule has 2 aromatic carbocycles. The van der Waals surface area contributed by atoms with Crippen LogP contribution in [0.25, 0.3) is 10.9 Å². The van der Waals surface area contributed by atoms with Crippen LogP contribution in [-0.4, -0.2) is 9.78 Å². The van der Waals surface area contributed by atoms with Gasteiger partial charge in [0.25, 0.3) is 0 Å². The van der Waals surface area contributed by atoms with Gasteiger partial charge in [0.15, 0.2) is 17.5 Å². The highest BCUT2D eigenvalue weighted by Gasteiger charge is 2.12. The van der Waals surface area contributed by atoms with Crippen LogP contribution in [-0.2, 0) is 13.6 Å². The fourth-order valence-corrected chi connectivity index (χ4v) is 2.26. The van der Waals surface area contributed by atoms with Crippen LogP contribution in [0.3, 0.4) is 0 Å². The molecule has 0 unspecified atom stereocenters. The summed E-state index contributed by atoms with van der Waals surface area (Å²) in [6.45, 7) is 0.284. The van der Waals surface area contributed by atoms with Crippen molar-refractivity contribution >= 4 is 16.6 Å². The van der Waals surface area contributed by atoms with Gasteiger partial charge in [0.2, 0.25) is 0 Å². The minimum absolute atomic E-state index is 0.168. The van der Waals surface area contributed by atoms with E-state index in [0.29, 0.717) is 0 Å². The van der Waals surface area contributed by atoms with Crippen molar-refractivity contribution in [2.75, 3.05) is 5.32 Å². The lowest BCUT2D eigenvalue weighted by Gasteiger charge is -2.06. The van der Waals surface area contributed by atoms with Gasteiger partial charge in [-0.3, -0.25) is 4.68 Å². The van der Waals surface area contributed by atoms with Gasteiger partial charge in [-0.2, -0.15) is 5.10 Å². The van der Waals surface area contributed by atoms with Gasteiger partial charge < -0.3 is 5.32 Å². The number of para-hydroxylation sites is 1. The summed E-state index contributed by atoms with van der Waals surface area (Å²) in [4.78, 5) is 0. The molecule has 108 valence electrons. The number of nitrogens with one attached hydrogen (secondary N) is 1. The first-order valence-electron chi connectivity index (χ1n) is 6.35. The molecule has 21 heavy (non-hydrogen) atoms. The van der Waals surface area contributed by atoms with E-state index in [4.69, 9.17) is 0 Å². The van der Waals surface area contributed by atoms with E-state index >= 15 is 0 Å². The Morgan fingerprint density at radius 2 is 1.76 bits per heavy atom. The molecule has 0 aliphatic rings. The van der Waals surface area contributed by atoms with Crippen LogP contribution in [0.5, 0.6) is 0 Å². The standard InChI is InChI=1S/C15H12F3N3/c1-21-14-5-3-2-4-10(14)13(20-21)8-19-9-6-11(16)15(18)12(17)7-9/h2-7,19H,8H2,1H3. The number of aryl methyl sites for hydroxylation is 1. The van der Waals surface area contributed by atoms with Crippen molar-refractivity contribution in [2.45, 2.75) is 6.54 Å². The van der Waals surface area contributed by atoms with Crippen LogP contribution < -0.4 is 5.32 Å². The van der Waals surface area contributed by atoms with Gasteiger partial charge in [-0.25, -0.2) is 13.2 Å². The number of hydrogen-bond donors (Lipinski definition) is 1. The number of rotatable bonds is 3. The predicted molar refractivity (Wildman–Crippen MR) is 74.4 cm³/mol. The third-order valence-electron chi connectivity index (χ3n) is 3.28. The molecule has 0 aliphatic heterocycles. The van der Waals surface area contributed by atoms with Gasteiger partial charge >= 0.3 is 0 Å². The lowest BCUT2D eigenvalue weighted by Crippen LogP contribution is -2.03. The first-order valence-corrected chi connectivity index (χ1v) is 6.35. The van der Waals surface area contributed by atoms with E-state index in [2.05, 4.69) is 10.4 Å². The zero-order valence-corrected chi connectivity index (χ0v) is 11.2. The third-order valence-corrected chi connectivity index (χ3v) is 3.28. The van der Waals surface area contributed by atoms with Gasteiger partial charge in [0.1, 0.15) is 0 Å². The highest BCUT2D eigenvalue weighted by atomic mass is 19.2. The molecule has 3 aromatic rings. The number of hydrogen-bond acceptors (Lipinski definition) is 2. The molecule has 0 bridgehead atoms. The normalized spacial score (nSPS) is 11.0. The lowest BCUT2D eigenvalue weighted by atomic mass is 10.2. The van der Waals surface area contributed by atoms with Crippen molar-refractivity contribution in [3.05, 3.63) is 59.5 Å². The number of halogens is 3. The number of fused-ring (bicyclic) bond motifs is 1. The monoisotopic (exact) mass is 291 g/mol. The summed E-state index contributed by atoms with van der Waals surface area (Å²) in [5.74, 6) is -3.91. The highest BCUT2D eigenvalue weighted by Crippen LogP contribution is 2.21.